The van der Waals surface area contributed by atoms with E-state index >= 15 is 0 Å². The minimum absolute atomic E-state index is 0.149. The van der Waals surface area contributed by atoms with E-state index in [2.05, 4.69) is 12.1 Å². The number of hydrogen-bond donors (Lipinski definition) is 1. The largest absolute Gasteiger partial charge is 0.456 e. The van der Waals surface area contributed by atoms with Gasteiger partial charge in [0.15, 0.2) is 0 Å². The Kier molecular flexibility index (Phi) is 2.80. The van der Waals surface area contributed by atoms with Gasteiger partial charge in [0.2, 0.25) is 0 Å². The van der Waals surface area contributed by atoms with Crippen LogP contribution in [-0.2, 0) is 16.4 Å². The number of benzene rings is 2. The lowest BCUT2D eigenvalue weighted by molar-refractivity contribution is 0.0186. The molecular formula is C19H18O3S. The van der Waals surface area contributed by atoms with Crippen LogP contribution in [0.1, 0.15) is 31.2 Å². The van der Waals surface area contributed by atoms with Gasteiger partial charge < -0.3 is 9.52 Å². The van der Waals surface area contributed by atoms with Crippen LogP contribution in [0.5, 0.6) is 0 Å². The first-order valence-electron chi connectivity index (χ1n) is 8.18. The summed E-state index contributed by atoms with van der Waals surface area (Å²) in [5.41, 5.74) is 1.80. The molecule has 1 aromatic heterocycles. The molecule has 2 aliphatic rings. The van der Waals surface area contributed by atoms with Gasteiger partial charge in [-0.05, 0) is 49.4 Å². The number of rotatable bonds is 1. The van der Waals surface area contributed by atoms with Gasteiger partial charge in [0.1, 0.15) is 11.2 Å². The number of para-hydroxylation sites is 1. The molecule has 0 saturated carbocycles. The normalized spacial score (nSPS) is 33.5. The summed E-state index contributed by atoms with van der Waals surface area (Å²) in [4.78, 5) is 0. The summed E-state index contributed by atoms with van der Waals surface area (Å²) in [5, 5.41) is 13.7. The molecule has 4 heteroatoms. The fraction of sp³-hybridized carbons (Fsp3) is 0.368. The van der Waals surface area contributed by atoms with Crippen LogP contribution in [0.3, 0.4) is 0 Å². The lowest BCUT2D eigenvalue weighted by Gasteiger charge is -2.36. The zero-order valence-electron chi connectivity index (χ0n) is 12.7. The lowest BCUT2D eigenvalue weighted by atomic mass is 9.85. The first-order chi connectivity index (χ1) is 11.1. The van der Waals surface area contributed by atoms with Crippen LogP contribution in [0, 0.1) is 0 Å². The first kappa shape index (κ1) is 13.8. The van der Waals surface area contributed by atoms with Crippen LogP contribution in [0.2, 0.25) is 0 Å². The molecule has 2 bridgehead atoms. The molecule has 118 valence electrons. The Hall–Kier alpha value is -1.65. The lowest BCUT2D eigenvalue weighted by Crippen LogP contribution is -2.40. The zero-order chi connectivity index (χ0) is 15.6. The van der Waals surface area contributed by atoms with Crippen molar-refractivity contribution in [3.05, 3.63) is 48.0 Å². The van der Waals surface area contributed by atoms with Crippen molar-refractivity contribution in [2.75, 3.05) is 0 Å². The van der Waals surface area contributed by atoms with Crippen LogP contribution in [0.4, 0.5) is 0 Å². The van der Waals surface area contributed by atoms with Crippen molar-refractivity contribution in [2.24, 2.45) is 0 Å². The van der Waals surface area contributed by atoms with Crippen molar-refractivity contribution in [1.29, 1.82) is 0 Å². The summed E-state index contributed by atoms with van der Waals surface area (Å²) in [6.07, 6.45) is 3.18. The van der Waals surface area contributed by atoms with Gasteiger partial charge in [0.05, 0.1) is 5.60 Å². The van der Waals surface area contributed by atoms with E-state index in [9.17, 15) is 9.32 Å². The Bertz CT molecular complexity index is 926. The third-order valence-corrected chi connectivity index (χ3v) is 7.63. The molecule has 2 aliphatic heterocycles. The highest BCUT2D eigenvalue weighted by molar-refractivity contribution is 7.86. The Balaban J connectivity index is 1.65. The summed E-state index contributed by atoms with van der Waals surface area (Å²) in [6.45, 7) is 0. The fourth-order valence-electron chi connectivity index (χ4n) is 4.33. The van der Waals surface area contributed by atoms with Gasteiger partial charge in [0.25, 0.3) is 0 Å². The molecule has 0 radical (unpaired) electrons. The number of hydrogen-bond acceptors (Lipinski definition) is 3. The number of furan rings is 1. The summed E-state index contributed by atoms with van der Waals surface area (Å²) in [7, 11) is -0.759. The average Bonchev–Trinajstić information content (AvgIpc) is 3.02. The van der Waals surface area contributed by atoms with Gasteiger partial charge in [-0.2, -0.15) is 0 Å². The minimum atomic E-state index is -0.855. The highest BCUT2D eigenvalue weighted by atomic mass is 32.2. The molecule has 0 amide bonds. The van der Waals surface area contributed by atoms with Crippen LogP contribution in [-0.4, -0.2) is 19.8 Å². The molecular weight excluding hydrogens is 308 g/mol. The average molecular weight is 326 g/mol. The van der Waals surface area contributed by atoms with Crippen LogP contribution in [0.25, 0.3) is 21.9 Å². The van der Waals surface area contributed by atoms with Crippen LogP contribution < -0.4 is 0 Å². The second-order valence-electron chi connectivity index (χ2n) is 6.90. The molecule has 2 aromatic carbocycles. The molecule has 5 rings (SSSR count). The van der Waals surface area contributed by atoms with Gasteiger partial charge >= 0.3 is 0 Å². The molecule has 0 spiro atoms. The predicted molar refractivity (Wildman–Crippen MR) is 91.8 cm³/mol. The molecule has 3 heterocycles. The van der Waals surface area contributed by atoms with Crippen molar-refractivity contribution in [3.8, 4) is 0 Å². The third kappa shape index (κ3) is 1.95. The van der Waals surface area contributed by atoms with E-state index in [1.807, 2.05) is 30.3 Å². The van der Waals surface area contributed by atoms with E-state index in [1.165, 1.54) is 0 Å². The molecule has 2 saturated heterocycles. The Morgan fingerprint density at radius 3 is 2.48 bits per heavy atom. The first-order valence-corrected chi connectivity index (χ1v) is 9.45. The summed E-state index contributed by atoms with van der Waals surface area (Å²) < 4.78 is 18.1. The van der Waals surface area contributed by atoms with Crippen molar-refractivity contribution < 1.29 is 13.7 Å². The summed E-state index contributed by atoms with van der Waals surface area (Å²) in [6, 6.07) is 14.0. The Morgan fingerprint density at radius 2 is 1.70 bits per heavy atom. The maximum Gasteiger partial charge on any atom is 0.135 e. The Morgan fingerprint density at radius 1 is 1.00 bits per heavy atom. The molecule has 3 aromatic rings. The molecule has 3 nitrogen and oxygen atoms in total. The van der Waals surface area contributed by atoms with Crippen molar-refractivity contribution in [2.45, 2.75) is 41.8 Å². The van der Waals surface area contributed by atoms with Crippen molar-refractivity contribution >= 4 is 32.7 Å². The number of aliphatic hydroxyl groups is 1. The third-order valence-electron chi connectivity index (χ3n) is 5.51. The van der Waals surface area contributed by atoms with E-state index in [1.54, 1.807) is 0 Å². The monoisotopic (exact) mass is 326 g/mol. The molecule has 23 heavy (non-hydrogen) atoms. The minimum Gasteiger partial charge on any atom is -0.456 e. The summed E-state index contributed by atoms with van der Waals surface area (Å²) >= 11 is 0. The zero-order valence-corrected chi connectivity index (χ0v) is 13.5. The van der Waals surface area contributed by atoms with E-state index in [4.69, 9.17) is 4.42 Å². The van der Waals surface area contributed by atoms with Gasteiger partial charge in [-0.15, -0.1) is 0 Å². The van der Waals surface area contributed by atoms with Gasteiger partial charge in [-0.25, -0.2) is 0 Å². The quantitative estimate of drug-likeness (QED) is 0.739. The highest BCUT2D eigenvalue weighted by Crippen LogP contribution is 2.46. The second kappa shape index (κ2) is 4.68. The van der Waals surface area contributed by atoms with E-state index in [0.717, 1.165) is 40.3 Å². The van der Waals surface area contributed by atoms with Crippen LogP contribution in [0.15, 0.2) is 46.9 Å². The SMILES string of the molecule is O=S1C2CCC1CC(O)(c1ccc3oc4ccccc4c3c1)C2. The maximum atomic E-state index is 12.2. The van der Waals surface area contributed by atoms with Crippen LogP contribution >= 0.6 is 0 Å². The highest BCUT2D eigenvalue weighted by Gasteiger charge is 2.48. The van der Waals surface area contributed by atoms with Gasteiger partial charge in [-0.1, -0.05) is 24.3 Å². The summed E-state index contributed by atoms with van der Waals surface area (Å²) in [5.74, 6) is 0. The van der Waals surface area contributed by atoms with E-state index in [0.29, 0.717) is 12.8 Å². The molecule has 2 fully saturated rings. The van der Waals surface area contributed by atoms with E-state index < -0.39 is 16.4 Å². The molecule has 2 unspecified atom stereocenters. The van der Waals surface area contributed by atoms with E-state index in [-0.39, 0.29) is 10.5 Å². The van der Waals surface area contributed by atoms with Crippen molar-refractivity contribution in [1.82, 2.24) is 0 Å². The van der Waals surface area contributed by atoms with Gasteiger partial charge in [0, 0.05) is 32.1 Å². The molecule has 0 aliphatic carbocycles. The van der Waals surface area contributed by atoms with Gasteiger partial charge in [-0.3, -0.25) is 4.21 Å². The molecule has 2 atom stereocenters. The smallest absolute Gasteiger partial charge is 0.135 e. The fourth-order valence-corrected chi connectivity index (χ4v) is 6.49. The molecule has 1 N–H and O–H groups in total. The topological polar surface area (TPSA) is 50.4 Å². The predicted octanol–water partition coefficient (Wildman–Crippen LogP) is 3.85. The number of fused-ring (bicyclic) bond motifs is 5. The Labute approximate surface area is 136 Å². The second-order valence-corrected chi connectivity index (χ2v) is 8.89. The standard InChI is InChI=1S/C19H18O3S/c20-19(10-13-6-7-14(11-19)23(13)21)12-5-8-18-16(9-12)15-3-1-2-4-17(15)22-18/h1-5,8-9,13-14,20H,6-7,10-11H2. The van der Waals surface area contributed by atoms with Crippen molar-refractivity contribution in [3.63, 3.8) is 0 Å². The maximum absolute atomic E-state index is 12.2.